The summed E-state index contributed by atoms with van der Waals surface area (Å²) in [5.41, 5.74) is 7.90. The van der Waals surface area contributed by atoms with Gasteiger partial charge < -0.3 is 10.5 Å². The van der Waals surface area contributed by atoms with Crippen LogP contribution in [0.5, 0.6) is 5.75 Å². The molecule has 0 saturated heterocycles. The van der Waals surface area contributed by atoms with Crippen molar-refractivity contribution in [1.82, 2.24) is 9.97 Å². The number of nitrogen functional groups attached to an aromatic ring is 1. The molecule has 18 heavy (non-hydrogen) atoms. The molecule has 1 aromatic heterocycles. The maximum absolute atomic E-state index is 14.1. The van der Waals surface area contributed by atoms with Gasteiger partial charge in [0.05, 0.1) is 18.5 Å². The molecule has 0 aliphatic heterocycles. The molecule has 2 aromatic rings. The molecular formula is C13H14FN3O. The van der Waals surface area contributed by atoms with Gasteiger partial charge in [-0.15, -0.1) is 0 Å². The summed E-state index contributed by atoms with van der Waals surface area (Å²) in [6.45, 7) is 3.62. The fourth-order valence-corrected chi connectivity index (χ4v) is 1.67. The van der Waals surface area contributed by atoms with Crippen molar-refractivity contribution < 1.29 is 9.13 Å². The van der Waals surface area contributed by atoms with Gasteiger partial charge in [0, 0.05) is 5.56 Å². The first-order valence-electron chi connectivity index (χ1n) is 5.48. The minimum absolute atomic E-state index is 0.159. The zero-order valence-corrected chi connectivity index (χ0v) is 10.5. The molecule has 0 amide bonds. The SMILES string of the molecule is COc1cccc(-c2nc(C)c(C)nc2N)c1F. The van der Waals surface area contributed by atoms with E-state index in [9.17, 15) is 4.39 Å². The minimum Gasteiger partial charge on any atom is -0.494 e. The molecule has 0 unspecified atom stereocenters. The number of halogens is 1. The molecule has 0 bridgehead atoms. The molecule has 0 spiro atoms. The average molecular weight is 247 g/mol. The molecule has 0 saturated carbocycles. The molecule has 0 aliphatic rings. The first-order valence-corrected chi connectivity index (χ1v) is 5.48. The van der Waals surface area contributed by atoms with Gasteiger partial charge in [-0.1, -0.05) is 6.07 Å². The van der Waals surface area contributed by atoms with E-state index in [1.165, 1.54) is 7.11 Å². The summed E-state index contributed by atoms with van der Waals surface area (Å²) >= 11 is 0. The average Bonchev–Trinajstić information content (AvgIpc) is 2.34. The van der Waals surface area contributed by atoms with Crippen LogP contribution in [0.15, 0.2) is 18.2 Å². The maximum atomic E-state index is 14.1. The topological polar surface area (TPSA) is 61.0 Å². The normalized spacial score (nSPS) is 10.4. The Balaban J connectivity index is 2.66. The van der Waals surface area contributed by atoms with E-state index in [1.807, 2.05) is 13.8 Å². The second-order valence-corrected chi connectivity index (χ2v) is 3.95. The number of aromatic nitrogens is 2. The summed E-state index contributed by atoms with van der Waals surface area (Å²) in [5, 5.41) is 0. The molecule has 0 fully saturated rings. The van der Waals surface area contributed by atoms with Crippen LogP contribution in [0, 0.1) is 19.7 Å². The van der Waals surface area contributed by atoms with Crippen molar-refractivity contribution >= 4 is 5.82 Å². The molecule has 1 aromatic carbocycles. The number of nitrogens with zero attached hydrogens (tertiary/aromatic N) is 2. The van der Waals surface area contributed by atoms with Gasteiger partial charge in [0.1, 0.15) is 11.5 Å². The van der Waals surface area contributed by atoms with Gasteiger partial charge in [0.2, 0.25) is 0 Å². The third-order valence-corrected chi connectivity index (χ3v) is 2.77. The third kappa shape index (κ3) is 1.99. The van der Waals surface area contributed by atoms with Crippen LogP contribution >= 0.6 is 0 Å². The molecule has 2 rings (SSSR count). The molecule has 0 atom stereocenters. The van der Waals surface area contributed by atoms with Crippen molar-refractivity contribution in [3.8, 4) is 17.0 Å². The van der Waals surface area contributed by atoms with Gasteiger partial charge in [-0.25, -0.2) is 14.4 Å². The Morgan fingerprint density at radius 1 is 1.17 bits per heavy atom. The smallest absolute Gasteiger partial charge is 0.174 e. The number of rotatable bonds is 2. The van der Waals surface area contributed by atoms with E-state index in [4.69, 9.17) is 10.5 Å². The highest BCUT2D eigenvalue weighted by atomic mass is 19.1. The number of nitrogens with two attached hydrogens (primary N) is 1. The highest BCUT2D eigenvalue weighted by Gasteiger charge is 2.15. The fraction of sp³-hybridized carbons (Fsp3) is 0.231. The van der Waals surface area contributed by atoms with Gasteiger partial charge in [0.15, 0.2) is 11.6 Å². The van der Waals surface area contributed by atoms with Crippen LogP contribution < -0.4 is 10.5 Å². The lowest BCUT2D eigenvalue weighted by atomic mass is 10.1. The highest BCUT2D eigenvalue weighted by molar-refractivity contribution is 5.71. The van der Waals surface area contributed by atoms with Crippen LogP contribution in [-0.2, 0) is 0 Å². The van der Waals surface area contributed by atoms with Crippen LogP contribution in [-0.4, -0.2) is 17.1 Å². The number of hydrogen-bond donors (Lipinski definition) is 1. The molecule has 0 radical (unpaired) electrons. The first-order chi connectivity index (χ1) is 8.54. The van der Waals surface area contributed by atoms with E-state index >= 15 is 0 Å². The number of anilines is 1. The van der Waals surface area contributed by atoms with Crippen LogP contribution in [0.4, 0.5) is 10.2 Å². The zero-order valence-electron chi connectivity index (χ0n) is 10.5. The number of benzene rings is 1. The molecule has 94 valence electrons. The van der Waals surface area contributed by atoms with E-state index in [1.54, 1.807) is 18.2 Å². The lowest BCUT2D eigenvalue weighted by Crippen LogP contribution is -2.03. The van der Waals surface area contributed by atoms with Gasteiger partial charge in [-0.3, -0.25) is 0 Å². The number of ether oxygens (including phenoxy) is 1. The predicted octanol–water partition coefficient (Wildman–Crippen LogP) is 2.49. The summed E-state index contributed by atoms with van der Waals surface area (Å²) in [5.74, 6) is -0.110. The van der Waals surface area contributed by atoms with Crippen molar-refractivity contribution in [2.24, 2.45) is 0 Å². The monoisotopic (exact) mass is 247 g/mol. The fourth-order valence-electron chi connectivity index (χ4n) is 1.67. The van der Waals surface area contributed by atoms with Crippen LogP contribution in [0.2, 0.25) is 0 Å². The second kappa shape index (κ2) is 4.60. The molecule has 2 N–H and O–H groups in total. The second-order valence-electron chi connectivity index (χ2n) is 3.95. The highest BCUT2D eigenvalue weighted by Crippen LogP contribution is 2.30. The Labute approximate surface area is 105 Å². The van der Waals surface area contributed by atoms with Crippen LogP contribution in [0.1, 0.15) is 11.4 Å². The minimum atomic E-state index is -0.482. The Bertz CT molecular complexity index is 599. The van der Waals surface area contributed by atoms with Crippen molar-refractivity contribution in [3.63, 3.8) is 0 Å². The van der Waals surface area contributed by atoms with Crippen LogP contribution in [0.25, 0.3) is 11.3 Å². The first kappa shape index (κ1) is 12.3. The summed E-state index contributed by atoms with van der Waals surface area (Å²) in [4.78, 5) is 8.45. The summed E-state index contributed by atoms with van der Waals surface area (Å²) < 4.78 is 19.1. The lowest BCUT2D eigenvalue weighted by molar-refractivity contribution is 0.387. The Morgan fingerprint density at radius 3 is 2.50 bits per heavy atom. The predicted molar refractivity (Wildman–Crippen MR) is 67.9 cm³/mol. The number of methoxy groups -OCH3 is 1. The van der Waals surface area contributed by atoms with Crippen LogP contribution in [0.3, 0.4) is 0 Å². The Kier molecular flexibility index (Phi) is 3.14. The van der Waals surface area contributed by atoms with Gasteiger partial charge in [-0.2, -0.15) is 0 Å². The summed E-state index contributed by atoms with van der Waals surface area (Å²) in [6, 6.07) is 4.84. The third-order valence-electron chi connectivity index (χ3n) is 2.77. The van der Waals surface area contributed by atoms with E-state index < -0.39 is 5.82 Å². The summed E-state index contributed by atoms with van der Waals surface area (Å²) in [6.07, 6.45) is 0. The number of aryl methyl sites for hydroxylation is 2. The van der Waals surface area contributed by atoms with E-state index in [0.717, 1.165) is 11.4 Å². The quantitative estimate of drug-likeness (QED) is 0.885. The Morgan fingerprint density at radius 2 is 1.83 bits per heavy atom. The molecular weight excluding hydrogens is 233 g/mol. The molecule has 5 heteroatoms. The summed E-state index contributed by atoms with van der Waals surface area (Å²) in [7, 11) is 1.41. The zero-order chi connectivity index (χ0) is 13.3. The maximum Gasteiger partial charge on any atom is 0.174 e. The van der Waals surface area contributed by atoms with Gasteiger partial charge in [0.25, 0.3) is 0 Å². The van der Waals surface area contributed by atoms with Crippen molar-refractivity contribution in [3.05, 3.63) is 35.4 Å². The lowest BCUT2D eigenvalue weighted by Gasteiger charge is -2.10. The van der Waals surface area contributed by atoms with E-state index in [2.05, 4.69) is 9.97 Å². The van der Waals surface area contributed by atoms with Gasteiger partial charge >= 0.3 is 0 Å². The van der Waals surface area contributed by atoms with Crippen molar-refractivity contribution in [2.75, 3.05) is 12.8 Å². The van der Waals surface area contributed by atoms with E-state index in [0.29, 0.717) is 11.3 Å². The van der Waals surface area contributed by atoms with E-state index in [-0.39, 0.29) is 11.6 Å². The largest absolute Gasteiger partial charge is 0.494 e. The molecule has 4 nitrogen and oxygen atoms in total. The molecule has 0 aliphatic carbocycles. The van der Waals surface area contributed by atoms with Crippen molar-refractivity contribution in [2.45, 2.75) is 13.8 Å². The van der Waals surface area contributed by atoms with Crippen molar-refractivity contribution in [1.29, 1.82) is 0 Å². The molecule has 1 heterocycles. The standard InChI is InChI=1S/C13H14FN3O/c1-7-8(2)17-13(15)12(16-7)9-5-4-6-10(18-3)11(9)14/h4-6H,1-3H3,(H2,15,17). The van der Waals surface area contributed by atoms with Gasteiger partial charge in [-0.05, 0) is 26.0 Å². The number of hydrogen-bond acceptors (Lipinski definition) is 4. The Hall–Kier alpha value is -2.17.